The van der Waals surface area contributed by atoms with E-state index in [0.29, 0.717) is 22.1 Å². The molecule has 31 heavy (non-hydrogen) atoms. The molecule has 166 valence electrons. The van der Waals surface area contributed by atoms with E-state index >= 15 is 0 Å². The van der Waals surface area contributed by atoms with Crippen molar-refractivity contribution in [2.45, 2.75) is 41.4 Å². The number of thioether (sulfide) groups is 1. The van der Waals surface area contributed by atoms with Gasteiger partial charge in [-0.2, -0.15) is 0 Å². The first-order valence-electron chi connectivity index (χ1n) is 9.96. The van der Waals surface area contributed by atoms with Gasteiger partial charge in [-0.1, -0.05) is 11.6 Å². The third-order valence-electron chi connectivity index (χ3n) is 6.35. The van der Waals surface area contributed by atoms with Gasteiger partial charge in [0.25, 0.3) is 5.91 Å². The second kappa shape index (κ2) is 8.65. The van der Waals surface area contributed by atoms with Crippen LogP contribution in [0, 0.1) is 29.3 Å². The van der Waals surface area contributed by atoms with Gasteiger partial charge in [0.2, 0.25) is 0 Å². The van der Waals surface area contributed by atoms with E-state index in [4.69, 9.17) is 11.6 Å². The molecule has 0 aliphatic heterocycles. The van der Waals surface area contributed by atoms with Crippen LogP contribution in [0.2, 0.25) is 5.02 Å². The maximum atomic E-state index is 13.4. The lowest BCUT2D eigenvalue weighted by Crippen LogP contribution is -2.48. The second-order valence-electron chi connectivity index (χ2n) is 8.19. The van der Waals surface area contributed by atoms with Gasteiger partial charge in [0.15, 0.2) is 17.5 Å². The van der Waals surface area contributed by atoms with Crippen LogP contribution >= 0.6 is 23.4 Å². The highest BCUT2D eigenvalue weighted by Gasteiger charge is 2.53. The standard InChI is InChI=1S/C22H21ClF3NO3S/c23-16-4-1-11(21(29)27-14-8-17(24)20(26)18(25)9-14)5-19(16)31-15-6-12-2-3-13(7-15)22(12,30)10-28/h1,4-5,8-9,12-13,15,28,30H,2-3,6-7,10H2,(H,27,29)/t12-,13?,15-,22+/m0/s1. The van der Waals surface area contributed by atoms with E-state index in [1.54, 1.807) is 12.1 Å². The number of hydrogen-bond acceptors (Lipinski definition) is 4. The number of rotatable bonds is 5. The molecule has 2 aliphatic carbocycles. The summed E-state index contributed by atoms with van der Waals surface area (Å²) in [7, 11) is 0. The second-order valence-corrected chi connectivity index (χ2v) is 9.93. The molecule has 0 radical (unpaired) electrons. The highest BCUT2D eigenvalue weighted by molar-refractivity contribution is 8.00. The minimum absolute atomic E-state index is 0.0299. The van der Waals surface area contributed by atoms with Gasteiger partial charge in [0.1, 0.15) is 0 Å². The van der Waals surface area contributed by atoms with Gasteiger partial charge in [0, 0.05) is 33.5 Å². The average Bonchev–Trinajstić information content (AvgIpc) is 2.90. The quantitative estimate of drug-likeness (QED) is 0.536. The van der Waals surface area contributed by atoms with Crippen LogP contribution in [-0.2, 0) is 0 Å². The molecule has 2 aromatic carbocycles. The van der Waals surface area contributed by atoms with Crippen molar-refractivity contribution >= 4 is 35.0 Å². The average molecular weight is 472 g/mol. The van der Waals surface area contributed by atoms with Crippen molar-refractivity contribution in [3.8, 4) is 0 Å². The molecule has 2 aliphatic rings. The first-order valence-corrected chi connectivity index (χ1v) is 11.2. The minimum Gasteiger partial charge on any atom is -0.393 e. The van der Waals surface area contributed by atoms with Gasteiger partial charge in [-0.25, -0.2) is 13.2 Å². The Labute approximate surface area is 186 Å². The van der Waals surface area contributed by atoms with Gasteiger partial charge in [0.05, 0.1) is 17.2 Å². The molecule has 4 atom stereocenters. The van der Waals surface area contributed by atoms with Crippen molar-refractivity contribution in [3.05, 3.63) is 58.4 Å². The van der Waals surface area contributed by atoms with Crippen molar-refractivity contribution in [2.75, 3.05) is 11.9 Å². The molecule has 2 bridgehead atoms. The van der Waals surface area contributed by atoms with E-state index in [2.05, 4.69) is 5.32 Å². The normalized spacial score (nSPS) is 27.4. The molecule has 0 saturated heterocycles. The molecule has 2 aromatic rings. The number of hydrogen-bond donors (Lipinski definition) is 3. The zero-order valence-corrected chi connectivity index (χ0v) is 17.9. The van der Waals surface area contributed by atoms with Gasteiger partial charge >= 0.3 is 0 Å². The third kappa shape index (κ3) is 4.31. The van der Waals surface area contributed by atoms with Crippen LogP contribution in [0.1, 0.15) is 36.0 Å². The fraction of sp³-hybridized carbons (Fsp3) is 0.409. The number of nitrogens with one attached hydrogen (secondary N) is 1. The molecule has 0 heterocycles. The van der Waals surface area contributed by atoms with Crippen molar-refractivity contribution in [3.63, 3.8) is 0 Å². The van der Waals surface area contributed by atoms with Crippen LogP contribution in [0.4, 0.5) is 18.9 Å². The van der Waals surface area contributed by atoms with E-state index in [9.17, 15) is 28.2 Å². The van der Waals surface area contributed by atoms with Crippen LogP contribution in [-0.4, -0.2) is 33.6 Å². The van der Waals surface area contributed by atoms with E-state index < -0.39 is 29.0 Å². The zero-order valence-electron chi connectivity index (χ0n) is 16.4. The van der Waals surface area contributed by atoms with Crippen molar-refractivity contribution in [1.82, 2.24) is 0 Å². The summed E-state index contributed by atoms with van der Waals surface area (Å²) in [4.78, 5) is 13.2. The molecule has 2 fully saturated rings. The number of carbonyl (C=O) groups excluding carboxylic acids is 1. The first kappa shape index (κ1) is 22.5. The molecular weight excluding hydrogens is 451 g/mol. The number of benzene rings is 2. The Balaban J connectivity index is 1.48. The topological polar surface area (TPSA) is 69.6 Å². The third-order valence-corrected chi connectivity index (χ3v) is 8.11. The summed E-state index contributed by atoms with van der Waals surface area (Å²) in [6, 6.07) is 6.09. The summed E-state index contributed by atoms with van der Waals surface area (Å²) >= 11 is 7.85. The highest BCUT2D eigenvalue weighted by atomic mass is 35.5. The summed E-state index contributed by atoms with van der Waals surface area (Å²) in [5.74, 6) is -4.93. The summed E-state index contributed by atoms with van der Waals surface area (Å²) < 4.78 is 39.9. The predicted octanol–water partition coefficient (Wildman–Crippen LogP) is 5.01. The van der Waals surface area contributed by atoms with E-state index in [1.807, 2.05) is 0 Å². The van der Waals surface area contributed by atoms with Gasteiger partial charge < -0.3 is 15.5 Å². The molecule has 9 heteroatoms. The Kier molecular flexibility index (Phi) is 6.27. The van der Waals surface area contributed by atoms with Crippen LogP contribution in [0.3, 0.4) is 0 Å². The minimum atomic E-state index is -1.60. The summed E-state index contributed by atoms with van der Waals surface area (Å²) in [6.07, 6.45) is 3.22. The van der Waals surface area contributed by atoms with E-state index in [-0.39, 0.29) is 34.9 Å². The molecule has 2 saturated carbocycles. The fourth-order valence-electron chi connectivity index (χ4n) is 4.71. The van der Waals surface area contributed by atoms with Crippen LogP contribution in [0.25, 0.3) is 0 Å². The lowest BCUT2D eigenvalue weighted by atomic mass is 9.75. The Morgan fingerprint density at radius 1 is 1.13 bits per heavy atom. The number of anilines is 1. The van der Waals surface area contributed by atoms with Crippen LogP contribution < -0.4 is 5.32 Å². The molecular formula is C22H21ClF3NO3S. The van der Waals surface area contributed by atoms with Gasteiger partial charge in [-0.15, -0.1) is 11.8 Å². The first-order chi connectivity index (χ1) is 14.7. The van der Waals surface area contributed by atoms with Crippen molar-refractivity contribution in [1.29, 1.82) is 0 Å². The maximum absolute atomic E-state index is 13.4. The van der Waals surface area contributed by atoms with E-state index in [1.165, 1.54) is 17.8 Å². The summed E-state index contributed by atoms with van der Waals surface area (Å²) in [6.45, 7) is -0.235. The number of carbonyl (C=O) groups is 1. The van der Waals surface area contributed by atoms with Crippen LogP contribution in [0.15, 0.2) is 35.2 Å². The highest BCUT2D eigenvalue weighted by Crippen LogP contribution is 2.53. The molecule has 4 rings (SSSR count). The molecule has 4 nitrogen and oxygen atoms in total. The Bertz CT molecular complexity index is 984. The summed E-state index contributed by atoms with van der Waals surface area (Å²) in [5.41, 5.74) is -0.970. The van der Waals surface area contributed by atoms with Gasteiger partial charge in [-0.3, -0.25) is 4.79 Å². The van der Waals surface area contributed by atoms with Crippen molar-refractivity contribution < 1.29 is 28.2 Å². The molecule has 1 amide bonds. The number of amides is 1. The Morgan fingerprint density at radius 2 is 1.74 bits per heavy atom. The molecule has 1 unspecified atom stereocenters. The molecule has 0 aromatic heterocycles. The maximum Gasteiger partial charge on any atom is 0.255 e. The smallest absolute Gasteiger partial charge is 0.255 e. The largest absolute Gasteiger partial charge is 0.393 e. The molecule has 0 spiro atoms. The zero-order chi connectivity index (χ0) is 22.3. The predicted molar refractivity (Wildman–Crippen MR) is 113 cm³/mol. The number of fused-ring (bicyclic) bond motifs is 2. The number of halogens is 4. The van der Waals surface area contributed by atoms with Crippen LogP contribution in [0.5, 0.6) is 0 Å². The van der Waals surface area contributed by atoms with E-state index in [0.717, 1.165) is 25.7 Å². The Hall–Kier alpha value is -1.74. The SMILES string of the molecule is O=C(Nc1cc(F)c(F)c(F)c1)c1ccc(Cl)c(S[C@@H]2CC3CC[C@@H](C2)[C@]3(O)CO)c1. The number of aliphatic hydroxyl groups excluding tert-OH is 1. The molecule has 3 N–H and O–H groups in total. The van der Waals surface area contributed by atoms with Gasteiger partial charge in [-0.05, 0) is 55.7 Å². The monoisotopic (exact) mass is 471 g/mol. The fourth-order valence-corrected chi connectivity index (χ4v) is 6.35. The lowest BCUT2D eigenvalue weighted by Gasteiger charge is -2.41. The van der Waals surface area contributed by atoms with Crippen molar-refractivity contribution in [2.24, 2.45) is 11.8 Å². The lowest BCUT2D eigenvalue weighted by molar-refractivity contribution is -0.0939. The summed E-state index contributed by atoms with van der Waals surface area (Å²) in [5, 5.41) is 23.4. The Morgan fingerprint density at radius 3 is 2.32 bits per heavy atom. The number of aliphatic hydroxyl groups is 2.